The van der Waals surface area contributed by atoms with Crippen LogP contribution in [0.5, 0.6) is 0 Å². The van der Waals surface area contributed by atoms with Crippen LogP contribution in [0.1, 0.15) is 12.0 Å². The van der Waals surface area contributed by atoms with E-state index in [0.717, 1.165) is 12.6 Å². The van der Waals surface area contributed by atoms with Gasteiger partial charge in [0, 0.05) is 22.9 Å². The Bertz CT molecular complexity index is 1770. The van der Waals surface area contributed by atoms with Crippen molar-refractivity contribution in [3.8, 4) is 5.69 Å². The summed E-state index contributed by atoms with van der Waals surface area (Å²) in [7, 11) is -1.95. The van der Waals surface area contributed by atoms with Gasteiger partial charge in [-0.05, 0) is 71.8 Å². The third-order valence-electron chi connectivity index (χ3n) is 8.01. The quantitative estimate of drug-likeness (QED) is 0.213. The highest BCUT2D eigenvalue weighted by Crippen LogP contribution is 2.57. The second-order valence-corrected chi connectivity index (χ2v) is 13.6. The average Bonchev–Trinajstić information content (AvgIpc) is 3.30. The Morgan fingerprint density at radius 3 is 1.92 bits per heavy atom. The van der Waals surface area contributed by atoms with Crippen molar-refractivity contribution in [2.45, 2.75) is 6.42 Å². The van der Waals surface area contributed by atoms with Crippen molar-refractivity contribution in [2.75, 3.05) is 6.16 Å². The highest BCUT2D eigenvalue weighted by molar-refractivity contribution is 7.95. The molecule has 2 heteroatoms. The van der Waals surface area contributed by atoms with Gasteiger partial charge in [-0.2, -0.15) is 0 Å². The van der Waals surface area contributed by atoms with E-state index in [1.807, 2.05) is 6.08 Å². The predicted molar refractivity (Wildman–Crippen MR) is 167 cm³/mol. The van der Waals surface area contributed by atoms with Gasteiger partial charge in [0.2, 0.25) is 0 Å². The standard InChI is InChI=1S/C36H29NP/c1-2-12-27-23-24-38(30-15-8-4-9-16-30,31-17-10-5-11-18-31)32-20-22-35-34(26-32)33-21-19-28(27)25-36(33)37(35)29-13-6-3-7-14-29/h2-22,25-26H,1,23-24H2/q+1/b27-12+. The molecule has 182 valence electrons. The van der Waals surface area contributed by atoms with Crippen LogP contribution in [0.4, 0.5) is 0 Å². The van der Waals surface area contributed by atoms with E-state index in [-0.39, 0.29) is 0 Å². The van der Waals surface area contributed by atoms with Gasteiger partial charge in [-0.3, -0.25) is 0 Å². The molecule has 1 aromatic heterocycles. The first-order chi connectivity index (χ1) is 18.8. The first-order valence-electron chi connectivity index (χ1n) is 13.2. The maximum atomic E-state index is 4.08. The fraction of sp³-hybridized carbons (Fsp3) is 0.0556. The van der Waals surface area contributed by atoms with E-state index in [4.69, 9.17) is 0 Å². The first kappa shape index (κ1) is 23.0. The molecule has 38 heavy (non-hydrogen) atoms. The molecule has 2 aliphatic rings. The van der Waals surface area contributed by atoms with Gasteiger partial charge < -0.3 is 4.57 Å². The van der Waals surface area contributed by atoms with Gasteiger partial charge in [-0.25, -0.2) is 0 Å². The minimum Gasteiger partial charge on any atom is -0.309 e. The lowest BCUT2D eigenvalue weighted by Gasteiger charge is -2.28. The SMILES string of the molecule is C=C/C=C1\CC[P+](c2ccccc2)(c2ccccc2)c2ccc3c(c2)c2ccc1cc2n3-c1ccccc1. The van der Waals surface area contributed by atoms with Crippen LogP contribution < -0.4 is 15.9 Å². The summed E-state index contributed by atoms with van der Waals surface area (Å²) in [6.45, 7) is 4.08. The van der Waals surface area contributed by atoms with E-state index >= 15 is 0 Å². The van der Waals surface area contributed by atoms with E-state index < -0.39 is 7.26 Å². The van der Waals surface area contributed by atoms with Gasteiger partial charge in [-0.1, -0.05) is 85.5 Å². The molecule has 1 nitrogen and oxygen atoms in total. The molecule has 0 spiro atoms. The molecule has 0 saturated carbocycles. The van der Waals surface area contributed by atoms with E-state index in [9.17, 15) is 0 Å². The Hall–Kier alpha value is -4.19. The van der Waals surface area contributed by atoms with Crippen LogP contribution in [0.15, 0.2) is 146 Å². The smallest absolute Gasteiger partial charge is 0.112 e. The fourth-order valence-electron chi connectivity index (χ4n) is 6.26. The Morgan fingerprint density at radius 2 is 1.26 bits per heavy atom. The molecule has 0 saturated heterocycles. The third-order valence-corrected chi connectivity index (χ3v) is 12.4. The lowest BCUT2D eigenvalue weighted by atomic mass is 10.0. The molecule has 0 unspecified atom stereocenters. The van der Waals surface area contributed by atoms with Crippen molar-refractivity contribution >= 4 is 50.6 Å². The minimum absolute atomic E-state index is 0.977. The minimum atomic E-state index is -1.95. The van der Waals surface area contributed by atoms with Gasteiger partial charge >= 0.3 is 0 Å². The zero-order chi connectivity index (χ0) is 25.5. The molecule has 8 rings (SSSR count). The van der Waals surface area contributed by atoms with Crippen molar-refractivity contribution < 1.29 is 0 Å². The lowest BCUT2D eigenvalue weighted by molar-refractivity contribution is 1.18. The number of nitrogens with zero attached hydrogens (tertiary/aromatic N) is 1. The summed E-state index contributed by atoms with van der Waals surface area (Å²) in [5, 5.41) is 6.93. The Kier molecular flexibility index (Phi) is 5.61. The van der Waals surface area contributed by atoms with Crippen molar-refractivity contribution in [3.05, 3.63) is 152 Å². The molecule has 2 aliphatic heterocycles. The van der Waals surface area contributed by atoms with E-state index in [0.29, 0.717) is 0 Å². The number of aromatic nitrogens is 1. The van der Waals surface area contributed by atoms with Crippen molar-refractivity contribution in [2.24, 2.45) is 0 Å². The number of allylic oxidation sites excluding steroid dienone is 3. The summed E-state index contributed by atoms with van der Waals surface area (Å²) < 4.78 is 2.43. The lowest BCUT2D eigenvalue weighted by Crippen LogP contribution is -2.33. The summed E-state index contributed by atoms with van der Waals surface area (Å²) in [5.74, 6) is 0. The number of hydrogen-bond donors (Lipinski definition) is 0. The van der Waals surface area contributed by atoms with Crippen molar-refractivity contribution in [1.29, 1.82) is 0 Å². The summed E-state index contributed by atoms with van der Waals surface area (Å²) in [4.78, 5) is 0. The van der Waals surface area contributed by atoms with Crippen LogP contribution in [0.25, 0.3) is 33.1 Å². The summed E-state index contributed by atoms with van der Waals surface area (Å²) in [6, 6.07) is 47.5. The van der Waals surface area contributed by atoms with Gasteiger partial charge in [0.25, 0.3) is 0 Å². The Balaban J connectivity index is 1.64. The van der Waals surface area contributed by atoms with Crippen LogP contribution in [0, 0.1) is 0 Å². The first-order valence-corrected chi connectivity index (χ1v) is 15.2. The van der Waals surface area contributed by atoms with Crippen molar-refractivity contribution in [3.63, 3.8) is 0 Å². The molecule has 0 fully saturated rings. The van der Waals surface area contributed by atoms with E-state index in [1.54, 1.807) is 0 Å². The number of hydrogen-bond acceptors (Lipinski definition) is 0. The largest absolute Gasteiger partial charge is 0.309 e. The van der Waals surface area contributed by atoms with Gasteiger partial charge in [0.15, 0.2) is 0 Å². The van der Waals surface area contributed by atoms with Crippen molar-refractivity contribution in [1.82, 2.24) is 4.57 Å². The summed E-state index contributed by atoms with van der Waals surface area (Å²) >= 11 is 0. The van der Waals surface area contributed by atoms with Gasteiger partial charge in [-0.15, -0.1) is 0 Å². The highest BCUT2D eigenvalue weighted by Gasteiger charge is 2.45. The zero-order valence-electron chi connectivity index (χ0n) is 21.3. The maximum Gasteiger partial charge on any atom is 0.112 e. The van der Waals surface area contributed by atoms with Crippen LogP contribution >= 0.6 is 7.26 Å². The fourth-order valence-corrected chi connectivity index (χ4v) is 10.5. The molecule has 0 radical (unpaired) electrons. The number of rotatable bonds is 4. The molecular weight excluding hydrogens is 477 g/mol. The number of para-hydroxylation sites is 1. The Morgan fingerprint density at radius 1 is 0.605 bits per heavy atom. The average molecular weight is 507 g/mol. The van der Waals surface area contributed by atoms with Crippen LogP contribution in [-0.2, 0) is 0 Å². The molecule has 5 aromatic carbocycles. The third kappa shape index (κ3) is 3.51. The van der Waals surface area contributed by atoms with Crippen LogP contribution in [0.3, 0.4) is 0 Å². The molecule has 6 aromatic rings. The predicted octanol–water partition coefficient (Wildman–Crippen LogP) is 8.05. The number of benzene rings is 5. The molecule has 3 heterocycles. The number of fused-ring (bicyclic) bond motifs is 4. The van der Waals surface area contributed by atoms with Crippen LogP contribution in [-0.4, -0.2) is 10.7 Å². The second-order valence-electron chi connectivity index (χ2n) is 9.99. The zero-order valence-corrected chi connectivity index (χ0v) is 22.2. The molecule has 0 atom stereocenters. The van der Waals surface area contributed by atoms with Crippen LogP contribution in [0.2, 0.25) is 0 Å². The van der Waals surface area contributed by atoms with Gasteiger partial charge in [0.1, 0.15) is 23.2 Å². The molecule has 5 bridgehead atoms. The monoisotopic (exact) mass is 506 g/mol. The molecular formula is C36H29NP+. The van der Waals surface area contributed by atoms with E-state index in [1.165, 1.54) is 54.5 Å². The maximum absolute atomic E-state index is 4.08. The molecule has 0 N–H and O–H groups in total. The van der Waals surface area contributed by atoms with Gasteiger partial charge in [0.05, 0.1) is 17.2 Å². The molecule has 0 aliphatic carbocycles. The highest BCUT2D eigenvalue weighted by atomic mass is 31.2. The normalized spacial score (nSPS) is 15.5. The van der Waals surface area contributed by atoms with E-state index in [2.05, 4.69) is 145 Å². The second kappa shape index (κ2) is 9.28. The summed E-state index contributed by atoms with van der Waals surface area (Å²) in [5.41, 5.74) is 6.31. The Labute approximate surface area is 224 Å². The summed E-state index contributed by atoms with van der Waals surface area (Å²) in [6.07, 6.45) is 6.20. The topological polar surface area (TPSA) is 4.93 Å². The molecule has 0 amide bonds.